The van der Waals surface area contributed by atoms with E-state index in [4.69, 9.17) is 13.7 Å². The van der Waals surface area contributed by atoms with Gasteiger partial charge in [0.2, 0.25) is 11.7 Å². The van der Waals surface area contributed by atoms with E-state index in [-0.39, 0.29) is 19.1 Å². The van der Waals surface area contributed by atoms with Crippen LogP contribution < -0.4 is 0 Å². The predicted molar refractivity (Wildman–Crippen MR) is 103 cm³/mol. The Morgan fingerprint density at radius 2 is 1.93 bits per heavy atom. The molecule has 6 nitrogen and oxygen atoms in total. The fourth-order valence-corrected chi connectivity index (χ4v) is 3.58. The molecule has 28 heavy (non-hydrogen) atoms. The van der Waals surface area contributed by atoms with E-state index in [1.54, 1.807) is 24.5 Å². The molecule has 0 N–H and O–H groups in total. The minimum atomic E-state index is 0.0351. The zero-order valence-corrected chi connectivity index (χ0v) is 15.8. The number of furan rings is 1. The van der Waals surface area contributed by atoms with Gasteiger partial charge in [-0.05, 0) is 42.9 Å². The SMILES string of the molecule is O=C(COCc1cc(-c2ccco2)on1)N1CCC(Cc2ccccc2)CC1. The van der Waals surface area contributed by atoms with E-state index in [2.05, 4.69) is 29.4 Å². The fourth-order valence-electron chi connectivity index (χ4n) is 3.58. The lowest BCUT2D eigenvalue weighted by Crippen LogP contribution is -2.40. The monoisotopic (exact) mass is 380 g/mol. The van der Waals surface area contributed by atoms with Crippen molar-refractivity contribution in [3.05, 3.63) is 66.1 Å². The lowest BCUT2D eigenvalue weighted by atomic mass is 9.90. The largest absolute Gasteiger partial charge is 0.461 e. The zero-order chi connectivity index (χ0) is 19.2. The second-order valence-corrected chi connectivity index (χ2v) is 7.17. The van der Waals surface area contributed by atoms with E-state index >= 15 is 0 Å². The Labute approximate surface area is 164 Å². The molecule has 1 aromatic carbocycles. The first-order valence-corrected chi connectivity index (χ1v) is 9.67. The summed E-state index contributed by atoms with van der Waals surface area (Å²) >= 11 is 0. The van der Waals surface area contributed by atoms with Gasteiger partial charge >= 0.3 is 0 Å². The molecule has 4 rings (SSSR count). The van der Waals surface area contributed by atoms with Crippen LogP contribution in [0.15, 0.2) is 63.7 Å². The standard InChI is InChI=1S/C22H24N2O4/c25-22(16-26-15-19-14-21(28-23-19)20-7-4-12-27-20)24-10-8-18(9-11-24)13-17-5-2-1-3-6-17/h1-7,12,14,18H,8-11,13,15-16H2. The Hall–Kier alpha value is -2.86. The van der Waals surface area contributed by atoms with Gasteiger partial charge in [-0.15, -0.1) is 0 Å². The summed E-state index contributed by atoms with van der Waals surface area (Å²) in [6.45, 7) is 1.89. The van der Waals surface area contributed by atoms with Gasteiger partial charge in [-0.25, -0.2) is 0 Å². The first kappa shape index (κ1) is 18.5. The minimum Gasteiger partial charge on any atom is -0.461 e. The summed E-state index contributed by atoms with van der Waals surface area (Å²) in [6, 6.07) is 15.9. The van der Waals surface area contributed by atoms with Crippen molar-refractivity contribution >= 4 is 5.91 Å². The van der Waals surface area contributed by atoms with Gasteiger partial charge in [0.15, 0.2) is 5.76 Å². The third kappa shape index (κ3) is 4.70. The number of carbonyl (C=O) groups is 1. The summed E-state index contributed by atoms with van der Waals surface area (Å²) in [7, 11) is 0. The molecule has 1 aliphatic rings. The smallest absolute Gasteiger partial charge is 0.248 e. The number of rotatable bonds is 7. The molecule has 146 valence electrons. The Kier molecular flexibility index (Phi) is 5.87. The molecule has 0 atom stereocenters. The molecule has 0 bridgehead atoms. The van der Waals surface area contributed by atoms with Crippen LogP contribution in [0.1, 0.15) is 24.1 Å². The van der Waals surface area contributed by atoms with Gasteiger partial charge in [-0.1, -0.05) is 35.5 Å². The second-order valence-electron chi connectivity index (χ2n) is 7.17. The van der Waals surface area contributed by atoms with Crippen molar-refractivity contribution in [1.29, 1.82) is 0 Å². The molecule has 0 radical (unpaired) electrons. The first-order valence-electron chi connectivity index (χ1n) is 9.67. The van der Waals surface area contributed by atoms with Crippen molar-refractivity contribution < 1.29 is 18.5 Å². The van der Waals surface area contributed by atoms with Crippen molar-refractivity contribution in [3.8, 4) is 11.5 Å². The van der Waals surface area contributed by atoms with Gasteiger partial charge in [-0.2, -0.15) is 0 Å². The highest BCUT2D eigenvalue weighted by Gasteiger charge is 2.23. The van der Waals surface area contributed by atoms with E-state index in [1.165, 1.54) is 5.56 Å². The molecule has 0 aliphatic carbocycles. The molecule has 1 fully saturated rings. The van der Waals surface area contributed by atoms with Crippen LogP contribution >= 0.6 is 0 Å². The number of amides is 1. The van der Waals surface area contributed by atoms with Crippen molar-refractivity contribution in [1.82, 2.24) is 10.1 Å². The van der Waals surface area contributed by atoms with Crippen LogP contribution in [0.3, 0.4) is 0 Å². The van der Waals surface area contributed by atoms with Crippen LogP contribution in [0.25, 0.3) is 11.5 Å². The Bertz CT molecular complexity index is 865. The highest BCUT2D eigenvalue weighted by molar-refractivity contribution is 5.77. The molecule has 1 saturated heterocycles. The van der Waals surface area contributed by atoms with Gasteiger partial charge in [0, 0.05) is 19.2 Å². The summed E-state index contributed by atoms with van der Waals surface area (Å²) in [5, 5.41) is 3.95. The van der Waals surface area contributed by atoms with Crippen molar-refractivity contribution in [3.63, 3.8) is 0 Å². The second kappa shape index (κ2) is 8.89. The lowest BCUT2D eigenvalue weighted by Gasteiger charge is -2.32. The van der Waals surface area contributed by atoms with E-state index in [0.717, 1.165) is 32.4 Å². The maximum Gasteiger partial charge on any atom is 0.248 e. The van der Waals surface area contributed by atoms with Gasteiger partial charge in [0.25, 0.3) is 0 Å². The number of nitrogens with zero attached hydrogens (tertiary/aromatic N) is 2. The average molecular weight is 380 g/mol. The molecule has 0 unspecified atom stereocenters. The van der Waals surface area contributed by atoms with Crippen LogP contribution in [0.5, 0.6) is 0 Å². The van der Waals surface area contributed by atoms with Crippen LogP contribution in [0.2, 0.25) is 0 Å². The van der Waals surface area contributed by atoms with Gasteiger partial charge in [0.1, 0.15) is 12.3 Å². The highest BCUT2D eigenvalue weighted by Crippen LogP contribution is 2.22. The van der Waals surface area contributed by atoms with E-state index in [1.807, 2.05) is 11.0 Å². The Balaban J connectivity index is 1.18. The summed E-state index contributed by atoms with van der Waals surface area (Å²) in [5.74, 6) is 1.85. The van der Waals surface area contributed by atoms with Gasteiger partial charge < -0.3 is 18.6 Å². The fraction of sp³-hybridized carbons (Fsp3) is 0.364. The number of ether oxygens (including phenoxy) is 1. The van der Waals surface area contributed by atoms with Crippen LogP contribution in [-0.2, 0) is 22.6 Å². The van der Waals surface area contributed by atoms with Gasteiger partial charge in [-0.3, -0.25) is 4.79 Å². The summed E-state index contributed by atoms with van der Waals surface area (Å²) < 4.78 is 16.0. The maximum absolute atomic E-state index is 12.4. The van der Waals surface area contributed by atoms with E-state index in [0.29, 0.717) is 23.1 Å². The van der Waals surface area contributed by atoms with E-state index < -0.39 is 0 Å². The number of hydrogen-bond acceptors (Lipinski definition) is 5. The molecular formula is C22H24N2O4. The summed E-state index contributed by atoms with van der Waals surface area (Å²) in [5.41, 5.74) is 2.01. The normalized spacial score (nSPS) is 15.1. The summed E-state index contributed by atoms with van der Waals surface area (Å²) in [6.07, 6.45) is 4.74. The molecule has 0 spiro atoms. The number of carbonyl (C=O) groups excluding carboxylic acids is 1. The van der Waals surface area contributed by atoms with Crippen LogP contribution in [-0.4, -0.2) is 35.7 Å². The lowest BCUT2D eigenvalue weighted by molar-refractivity contribution is -0.138. The van der Waals surface area contributed by atoms with Gasteiger partial charge in [0.05, 0.1) is 12.9 Å². The molecule has 3 aromatic rings. The number of aromatic nitrogens is 1. The average Bonchev–Trinajstić information content (AvgIpc) is 3.41. The minimum absolute atomic E-state index is 0.0351. The Morgan fingerprint density at radius 1 is 1.11 bits per heavy atom. The number of piperidine rings is 1. The van der Waals surface area contributed by atoms with Crippen LogP contribution in [0.4, 0.5) is 0 Å². The zero-order valence-electron chi connectivity index (χ0n) is 15.8. The molecule has 1 amide bonds. The molecule has 0 saturated carbocycles. The highest BCUT2D eigenvalue weighted by atomic mass is 16.5. The molecular weight excluding hydrogens is 356 g/mol. The molecule has 6 heteroatoms. The third-order valence-electron chi connectivity index (χ3n) is 5.13. The molecule has 3 heterocycles. The quantitative estimate of drug-likeness (QED) is 0.621. The topological polar surface area (TPSA) is 68.7 Å². The first-order chi connectivity index (χ1) is 13.8. The molecule has 1 aliphatic heterocycles. The third-order valence-corrected chi connectivity index (χ3v) is 5.13. The predicted octanol–water partition coefficient (Wildman–Crippen LogP) is 3.93. The number of likely N-dealkylation sites (tertiary alicyclic amines) is 1. The van der Waals surface area contributed by atoms with E-state index in [9.17, 15) is 4.79 Å². The van der Waals surface area contributed by atoms with Crippen molar-refractivity contribution in [2.45, 2.75) is 25.9 Å². The van der Waals surface area contributed by atoms with Crippen molar-refractivity contribution in [2.75, 3.05) is 19.7 Å². The van der Waals surface area contributed by atoms with Crippen LogP contribution in [0, 0.1) is 5.92 Å². The van der Waals surface area contributed by atoms with Crippen molar-refractivity contribution in [2.24, 2.45) is 5.92 Å². The number of benzene rings is 1. The number of hydrogen-bond donors (Lipinski definition) is 0. The molecule has 2 aromatic heterocycles. The Morgan fingerprint density at radius 3 is 2.68 bits per heavy atom. The maximum atomic E-state index is 12.4. The summed E-state index contributed by atoms with van der Waals surface area (Å²) in [4.78, 5) is 14.3.